The number of nitrogens with zero attached hydrogens (tertiary/aromatic N) is 3. The molecule has 0 bridgehead atoms. The Morgan fingerprint density at radius 1 is 1.18 bits per heavy atom. The van der Waals surface area contributed by atoms with Gasteiger partial charge in [-0.3, -0.25) is 14.4 Å². The van der Waals surface area contributed by atoms with Crippen molar-refractivity contribution in [2.24, 2.45) is 7.05 Å². The summed E-state index contributed by atoms with van der Waals surface area (Å²) in [4.78, 5) is 42.0. The van der Waals surface area contributed by atoms with Crippen LogP contribution in [0.5, 0.6) is 0 Å². The van der Waals surface area contributed by atoms with Crippen molar-refractivity contribution in [1.29, 1.82) is 0 Å². The molecular weight excluding hydrogens is 450 g/mol. The summed E-state index contributed by atoms with van der Waals surface area (Å²) in [6.45, 7) is 5.82. The fraction of sp³-hybridized carbons (Fsp3) is 0.429. The molecule has 180 valence electrons. The molecule has 0 spiro atoms. The number of aromatic nitrogens is 2. The van der Waals surface area contributed by atoms with E-state index in [1.807, 2.05) is 13.8 Å². The van der Waals surface area contributed by atoms with Gasteiger partial charge in [-0.15, -0.1) is 0 Å². The Balaban J connectivity index is 1.80. The molecule has 2 N–H and O–H groups in total. The molecule has 0 saturated carbocycles. The van der Waals surface area contributed by atoms with E-state index >= 15 is 0 Å². The standard InChI is InChI=1S/C21H29N5O6S/c1-5-26(6-2)21(29)16-8-7-9-17(12-16)24-18(27)14-32-20(28)10-11-22-33(30,31)19-13-25(4)15(3)23-19/h7-9,12-13,22H,5-6,10-11,14H2,1-4H3,(H,24,27). The highest BCUT2D eigenvalue weighted by Gasteiger charge is 2.19. The van der Waals surface area contributed by atoms with Crippen LogP contribution in [0, 0.1) is 6.92 Å². The van der Waals surface area contributed by atoms with Crippen LogP contribution >= 0.6 is 0 Å². The van der Waals surface area contributed by atoms with E-state index in [-0.39, 0.29) is 23.9 Å². The van der Waals surface area contributed by atoms with Gasteiger partial charge in [0, 0.05) is 44.1 Å². The van der Waals surface area contributed by atoms with Crippen molar-refractivity contribution in [1.82, 2.24) is 19.2 Å². The second kappa shape index (κ2) is 11.6. The van der Waals surface area contributed by atoms with Gasteiger partial charge in [-0.05, 0) is 39.0 Å². The zero-order valence-corrected chi connectivity index (χ0v) is 19.9. The molecule has 0 radical (unpaired) electrons. The van der Waals surface area contributed by atoms with Gasteiger partial charge in [0.2, 0.25) is 0 Å². The minimum Gasteiger partial charge on any atom is -0.456 e. The monoisotopic (exact) mass is 479 g/mol. The average molecular weight is 480 g/mol. The topological polar surface area (TPSA) is 140 Å². The van der Waals surface area contributed by atoms with Gasteiger partial charge >= 0.3 is 5.97 Å². The highest BCUT2D eigenvalue weighted by atomic mass is 32.2. The lowest BCUT2D eigenvalue weighted by Gasteiger charge is -2.19. The first kappa shape index (κ1) is 26.0. The third kappa shape index (κ3) is 7.39. The fourth-order valence-corrected chi connectivity index (χ4v) is 3.92. The molecule has 2 amide bonds. The molecule has 1 heterocycles. The Bertz CT molecular complexity index is 1090. The highest BCUT2D eigenvalue weighted by Crippen LogP contribution is 2.13. The molecule has 1 aromatic carbocycles. The number of ether oxygens (including phenoxy) is 1. The minimum absolute atomic E-state index is 0.142. The molecule has 0 atom stereocenters. The third-order valence-electron chi connectivity index (χ3n) is 4.79. The van der Waals surface area contributed by atoms with Crippen LogP contribution in [0.4, 0.5) is 5.69 Å². The Labute approximate surface area is 193 Å². The maximum atomic E-state index is 12.4. The van der Waals surface area contributed by atoms with Crippen LogP contribution in [0.3, 0.4) is 0 Å². The molecule has 0 aliphatic carbocycles. The molecule has 1 aromatic heterocycles. The van der Waals surface area contributed by atoms with Crippen LogP contribution in [-0.2, 0) is 31.4 Å². The Morgan fingerprint density at radius 2 is 1.88 bits per heavy atom. The van der Waals surface area contributed by atoms with E-state index in [1.54, 1.807) is 47.7 Å². The zero-order valence-electron chi connectivity index (χ0n) is 19.1. The number of amides is 2. The largest absolute Gasteiger partial charge is 0.456 e. The van der Waals surface area contributed by atoms with Gasteiger partial charge in [0.15, 0.2) is 11.6 Å². The number of esters is 1. The summed E-state index contributed by atoms with van der Waals surface area (Å²) in [5.41, 5.74) is 0.830. The lowest BCUT2D eigenvalue weighted by Crippen LogP contribution is -2.30. The Kier molecular flexibility index (Phi) is 9.12. The number of carbonyl (C=O) groups excluding carboxylic acids is 3. The highest BCUT2D eigenvalue weighted by molar-refractivity contribution is 7.89. The van der Waals surface area contributed by atoms with Gasteiger partial charge < -0.3 is 19.5 Å². The summed E-state index contributed by atoms with van der Waals surface area (Å²) in [6.07, 6.45) is 1.11. The van der Waals surface area contributed by atoms with Crippen LogP contribution in [0.1, 0.15) is 36.5 Å². The average Bonchev–Trinajstić information content (AvgIpc) is 3.12. The molecule has 33 heavy (non-hydrogen) atoms. The third-order valence-corrected chi connectivity index (χ3v) is 6.12. The van der Waals surface area contributed by atoms with Crippen LogP contribution in [0.25, 0.3) is 0 Å². The Morgan fingerprint density at radius 3 is 2.48 bits per heavy atom. The van der Waals surface area contributed by atoms with Gasteiger partial charge in [0.05, 0.1) is 6.42 Å². The summed E-state index contributed by atoms with van der Waals surface area (Å²) in [5.74, 6) is -0.939. The Hall–Kier alpha value is -3.25. The van der Waals surface area contributed by atoms with Crippen molar-refractivity contribution in [2.45, 2.75) is 32.2 Å². The van der Waals surface area contributed by atoms with Crippen molar-refractivity contribution >= 4 is 33.5 Å². The number of rotatable bonds is 11. The number of imidazole rings is 1. The van der Waals surface area contributed by atoms with E-state index in [4.69, 9.17) is 4.74 Å². The molecule has 0 fully saturated rings. The first-order valence-electron chi connectivity index (χ1n) is 10.4. The summed E-state index contributed by atoms with van der Waals surface area (Å²) in [5, 5.41) is 2.43. The molecule has 0 saturated heterocycles. The summed E-state index contributed by atoms with van der Waals surface area (Å²) in [6, 6.07) is 6.47. The molecule has 2 rings (SSSR count). The van der Waals surface area contributed by atoms with E-state index in [1.165, 1.54) is 6.20 Å². The van der Waals surface area contributed by atoms with Crippen molar-refractivity contribution in [3.8, 4) is 0 Å². The van der Waals surface area contributed by atoms with Crippen LogP contribution < -0.4 is 10.0 Å². The van der Waals surface area contributed by atoms with Crippen molar-refractivity contribution in [3.05, 3.63) is 41.9 Å². The zero-order chi connectivity index (χ0) is 24.6. The van der Waals surface area contributed by atoms with Crippen LogP contribution in [-0.4, -0.2) is 66.9 Å². The lowest BCUT2D eigenvalue weighted by atomic mass is 10.1. The van der Waals surface area contributed by atoms with E-state index in [9.17, 15) is 22.8 Å². The van der Waals surface area contributed by atoms with Gasteiger partial charge in [-0.2, -0.15) is 0 Å². The van der Waals surface area contributed by atoms with Gasteiger partial charge in [0.25, 0.3) is 21.8 Å². The lowest BCUT2D eigenvalue weighted by molar-refractivity contribution is -0.147. The molecule has 12 heteroatoms. The van der Waals surface area contributed by atoms with Gasteiger partial charge in [0.1, 0.15) is 5.82 Å². The molecule has 0 unspecified atom stereocenters. The number of anilines is 1. The van der Waals surface area contributed by atoms with E-state index in [0.717, 1.165) is 0 Å². The van der Waals surface area contributed by atoms with Crippen molar-refractivity contribution < 1.29 is 27.5 Å². The van der Waals surface area contributed by atoms with E-state index < -0.39 is 28.5 Å². The molecule has 11 nitrogen and oxygen atoms in total. The predicted molar refractivity (Wildman–Crippen MR) is 121 cm³/mol. The number of sulfonamides is 1. The maximum Gasteiger partial charge on any atom is 0.307 e. The van der Waals surface area contributed by atoms with Crippen LogP contribution in [0.15, 0.2) is 35.5 Å². The van der Waals surface area contributed by atoms with Gasteiger partial charge in [-0.25, -0.2) is 18.1 Å². The fourth-order valence-electron chi connectivity index (χ4n) is 2.86. The normalized spacial score (nSPS) is 11.2. The number of nitrogens with one attached hydrogen (secondary N) is 2. The van der Waals surface area contributed by atoms with Crippen LogP contribution in [0.2, 0.25) is 0 Å². The second-order valence-electron chi connectivity index (χ2n) is 7.15. The minimum atomic E-state index is -3.85. The first-order valence-corrected chi connectivity index (χ1v) is 11.9. The quantitative estimate of drug-likeness (QED) is 0.459. The summed E-state index contributed by atoms with van der Waals surface area (Å²) >= 11 is 0. The number of hydrogen-bond donors (Lipinski definition) is 2. The van der Waals surface area contributed by atoms with E-state index in [2.05, 4.69) is 15.0 Å². The number of hydrogen-bond acceptors (Lipinski definition) is 7. The molecule has 0 aliphatic rings. The van der Waals surface area contributed by atoms with Gasteiger partial charge in [-0.1, -0.05) is 6.07 Å². The predicted octanol–water partition coefficient (Wildman–Crippen LogP) is 1.06. The van der Waals surface area contributed by atoms with E-state index in [0.29, 0.717) is 30.2 Å². The number of benzene rings is 1. The maximum absolute atomic E-state index is 12.4. The molecular formula is C21H29N5O6S. The second-order valence-corrected chi connectivity index (χ2v) is 8.87. The van der Waals surface area contributed by atoms with Crippen molar-refractivity contribution in [2.75, 3.05) is 31.6 Å². The molecule has 0 aliphatic heterocycles. The summed E-state index contributed by atoms with van der Waals surface area (Å²) in [7, 11) is -2.18. The summed E-state index contributed by atoms with van der Waals surface area (Å²) < 4.78 is 33.1. The SMILES string of the molecule is CCN(CC)C(=O)c1cccc(NC(=O)COC(=O)CCNS(=O)(=O)c2cn(C)c(C)n2)c1. The number of aryl methyl sites for hydroxylation is 2. The number of carbonyl (C=O) groups is 3. The van der Waals surface area contributed by atoms with Crippen molar-refractivity contribution in [3.63, 3.8) is 0 Å². The first-order chi connectivity index (χ1) is 15.6. The molecule has 2 aromatic rings. The smallest absolute Gasteiger partial charge is 0.307 e.